The maximum atomic E-state index is 11.5. The second-order valence-electron chi connectivity index (χ2n) is 4.61. The van der Waals surface area contributed by atoms with E-state index in [1.165, 1.54) is 18.4 Å². The number of piperidine rings is 1. The molecule has 0 atom stereocenters. The summed E-state index contributed by atoms with van der Waals surface area (Å²) in [6.45, 7) is 3.88. The Morgan fingerprint density at radius 3 is 2.75 bits per heavy atom. The molecule has 0 aliphatic carbocycles. The molecule has 0 spiro atoms. The highest BCUT2D eigenvalue weighted by atomic mass is 16.3. The Kier molecular flexibility index (Phi) is 2.13. The molecule has 0 radical (unpaired) electrons. The number of ketones is 1. The molecule has 3 aliphatic heterocycles. The van der Waals surface area contributed by atoms with Crippen molar-refractivity contribution >= 4 is 11.4 Å². The minimum Gasteiger partial charge on any atom is -0.464 e. The highest BCUT2D eigenvalue weighted by Crippen LogP contribution is 2.38. The van der Waals surface area contributed by atoms with E-state index in [2.05, 4.69) is 11.1 Å². The second-order valence-corrected chi connectivity index (χ2v) is 4.61. The number of rotatable bonds is 2. The third-order valence-corrected chi connectivity index (χ3v) is 3.60. The standard InChI is InChI=1S/C13H15NO2/c1-9(15)11-4-7-16-13(11)12-8-14-5-2-10(12)3-6-14/h4,7-8,10H,2-3,5-6H2,1H3. The normalized spacial score (nSPS) is 20.1. The fourth-order valence-electron chi connectivity index (χ4n) is 2.70. The SMILES string of the molecule is CC(=O)c1ccoc1C1=CN2CCC1CC2. The van der Waals surface area contributed by atoms with Gasteiger partial charge in [-0.25, -0.2) is 0 Å². The van der Waals surface area contributed by atoms with E-state index in [4.69, 9.17) is 4.42 Å². The summed E-state index contributed by atoms with van der Waals surface area (Å²) in [7, 11) is 0. The van der Waals surface area contributed by atoms with E-state index in [9.17, 15) is 4.79 Å². The topological polar surface area (TPSA) is 33.5 Å². The molecule has 1 saturated heterocycles. The zero-order chi connectivity index (χ0) is 11.1. The number of furan rings is 1. The van der Waals surface area contributed by atoms with Crippen LogP contribution in [0.1, 0.15) is 35.9 Å². The predicted molar refractivity (Wildman–Crippen MR) is 61.0 cm³/mol. The highest BCUT2D eigenvalue weighted by molar-refractivity contribution is 5.98. The monoisotopic (exact) mass is 217 g/mol. The molecule has 4 heterocycles. The van der Waals surface area contributed by atoms with Crippen LogP contribution in [0.3, 0.4) is 0 Å². The van der Waals surface area contributed by atoms with Gasteiger partial charge in [0.25, 0.3) is 0 Å². The molecule has 1 fully saturated rings. The first kappa shape index (κ1) is 9.70. The lowest BCUT2D eigenvalue weighted by Crippen LogP contribution is -2.35. The first-order chi connectivity index (χ1) is 7.75. The number of allylic oxidation sites excluding steroid dienone is 1. The Morgan fingerprint density at radius 1 is 1.44 bits per heavy atom. The molecule has 1 aromatic heterocycles. The van der Waals surface area contributed by atoms with E-state index in [1.807, 2.05) is 0 Å². The van der Waals surface area contributed by atoms with Crippen LogP contribution < -0.4 is 0 Å². The maximum absolute atomic E-state index is 11.5. The Balaban J connectivity index is 2.04. The van der Waals surface area contributed by atoms with Crippen LogP contribution in [-0.4, -0.2) is 23.8 Å². The molecule has 3 nitrogen and oxygen atoms in total. The van der Waals surface area contributed by atoms with Crippen molar-refractivity contribution in [3.8, 4) is 0 Å². The van der Waals surface area contributed by atoms with Crippen LogP contribution in [0.4, 0.5) is 0 Å². The summed E-state index contributed by atoms with van der Waals surface area (Å²) >= 11 is 0. The largest absolute Gasteiger partial charge is 0.464 e. The summed E-state index contributed by atoms with van der Waals surface area (Å²) in [5.74, 6) is 1.46. The average molecular weight is 217 g/mol. The van der Waals surface area contributed by atoms with Crippen LogP contribution in [-0.2, 0) is 0 Å². The summed E-state index contributed by atoms with van der Waals surface area (Å²) < 4.78 is 5.50. The molecule has 3 heteroatoms. The fourth-order valence-corrected chi connectivity index (χ4v) is 2.70. The van der Waals surface area contributed by atoms with Gasteiger partial charge in [0.1, 0.15) is 5.76 Å². The molecule has 0 N–H and O–H groups in total. The number of carbonyl (C=O) groups is 1. The zero-order valence-corrected chi connectivity index (χ0v) is 9.40. The van der Waals surface area contributed by atoms with Crippen LogP contribution in [0.5, 0.6) is 0 Å². The van der Waals surface area contributed by atoms with Gasteiger partial charge in [-0.05, 0) is 31.7 Å². The first-order valence-corrected chi connectivity index (χ1v) is 5.80. The molecule has 1 aromatic rings. The Morgan fingerprint density at radius 2 is 2.19 bits per heavy atom. The van der Waals surface area contributed by atoms with Gasteiger partial charge in [0.05, 0.1) is 11.8 Å². The lowest BCUT2D eigenvalue weighted by Gasteiger charge is -2.38. The van der Waals surface area contributed by atoms with Crippen molar-refractivity contribution < 1.29 is 9.21 Å². The number of hydrogen-bond donors (Lipinski definition) is 0. The molecular formula is C13H15NO2. The van der Waals surface area contributed by atoms with Gasteiger partial charge in [-0.3, -0.25) is 4.79 Å². The predicted octanol–water partition coefficient (Wildman–Crippen LogP) is 2.55. The summed E-state index contributed by atoms with van der Waals surface area (Å²) in [6.07, 6.45) is 6.15. The van der Waals surface area contributed by atoms with Crippen molar-refractivity contribution in [1.82, 2.24) is 4.90 Å². The summed E-state index contributed by atoms with van der Waals surface area (Å²) in [6, 6.07) is 1.77. The van der Waals surface area contributed by atoms with Crippen molar-refractivity contribution in [2.75, 3.05) is 13.1 Å². The van der Waals surface area contributed by atoms with Gasteiger partial charge in [-0.2, -0.15) is 0 Å². The molecule has 84 valence electrons. The Labute approximate surface area is 94.7 Å². The number of fused-ring (bicyclic) bond motifs is 2. The molecule has 0 aromatic carbocycles. The minimum absolute atomic E-state index is 0.0843. The number of Topliss-reactive ketones (excluding diaryl/α,β-unsaturated/α-hetero) is 1. The van der Waals surface area contributed by atoms with E-state index < -0.39 is 0 Å². The fraction of sp³-hybridized carbons (Fsp3) is 0.462. The van der Waals surface area contributed by atoms with Crippen molar-refractivity contribution in [2.45, 2.75) is 19.8 Å². The van der Waals surface area contributed by atoms with Crippen molar-refractivity contribution in [2.24, 2.45) is 5.92 Å². The van der Waals surface area contributed by atoms with Gasteiger partial charge < -0.3 is 9.32 Å². The van der Waals surface area contributed by atoms with E-state index in [1.54, 1.807) is 19.3 Å². The van der Waals surface area contributed by atoms with E-state index in [-0.39, 0.29) is 5.78 Å². The molecule has 4 rings (SSSR count). The number of nitrogens with zero attached hydrogens (tertiary/aromatic N) is 1. The van der Waals surface area contributed by atoms with E-state index >= 15 is 0 Å². The van der Waals surface area contributed by atoms with E-state index in [0.29, 0.717) is 5.92 Å². The third kappa shape index (κ3) is 1.39. The smallest absolute Gasteiger partial charge is 0.163 e. The van der Waals surface area contributed by atoms with E-state index in [0.717, 1.165) is 24.4 Å². The summed E-state index contributed by atoms with van der Waals surface area (Å²) in [4.78, 5) is 13.8. The molecule has 3 aliphatic rings. The van der Waals surface area contributed by atoms with Gasteiger partial charge in [-0.15, -0.1) is 0 Å². The zero-order valence-electron chi connectivity index (χ0n) is 9.40. The van der Waals surface area contributed by atoms with Crippen LogP contribution in [0.25, 0.3) is 5.57 Å². The van der Waals surface area contributed by atoms with Gasteiger partial charge in [-0.1, -0.05) is 0 Å². The molecule has 16 heavy (non-hydrogen) atoms. The number of hydrogen-bond acceptors (Lipinski definition) is 3. The Hall–Kier alpha value is -1.51. The summed E-state index contributed by atoms with van der Waals surface area (Å²) in [5, 5.41) is 0. The maximum Gasteiger partial charge on any atom is 0.163 e. The molecule has 0 unspecified atom stereocenters. The van der Waals surface area contributed by atoms with Gasteiger partial charge in [0, 0.05) is 24.9 Å². The highest BCUT2D eigenvalue weighted by Gasteiger charge is 2.31. The van der Waals surface area contributed by atoms with Crippen molar-refractivity contribution in [3.63, 3.8) is 0 Å². The van der Waals surface area contributed by atoms with Gasteiger partial charge >= 0.3 is 0 Å². The molecular weight excluding hydrogens is 202 g/mol. The van der Waals surface area contributed by atoms with Crippen molar-refractivity contribution in [3.05, 3.63) is 29.9 Å². The third-order valence-electron chi connectivity index (χ3n) is 3.60. The van der Waals surface area contributed by atoms with Crippen LogP contribution in [0.15, 0.2) is 22.9 Å². The first-order valence-electron chi connectivity index (χ1n) is 5.80. The summed E-state index contributed by atoms with van der Waals surface area (Å²) in [5.41, 5.74) is 1.94. The quantitative estimate of drug-likeness (QED) is 0.714. The molecule has 0 amide bonds. The van der Waals surface area contributed by atoms with Gasteiger partial charge in [0.2, 0.25) is 0 Å². The molecule has 0 saturated carbocycles. The van der Waals surface area contributed by atoms with Gasteiger partial charge in [0.15, 0.2) is 5.78 Å². The van der Waals surface area contributed by atoms with Crippen LogP contribution >= 0.6 is 0 Å². The van der Waals surface area contributed by atoms with Crippen molar-refractivity contribution in [1.29, 1.82) is 0 Å². The Bertz CT molecular complexity index is 450. The number of carbonyl (C=O) groups excluding carboxylic acids is 1. The van der Waals surface area contributed by atoms with Crippen LogP contribution in [0, 0.1) is 5.92 Å². The molecule has 2 bridgehead atoms. The lowest BCUT2D eigenvalue weighted by molar-refractivity contribution is 0.101. The second kappa shape index (κ2) is 3.51. The minimum atomic E-state index is 0.0843. The average Bonchev–Trinajstić information content (AvgIpc) is 2.79. The van der Waals surface area contributed by atoms with Crippen LogP contribution in [0.2, 0.25) is 0 Å². The lowest BCUT2D eigenvalue weighted by atomic mass is 9.83.